The molecule has 0 aliphatic carbocycles. The highest BCUT2D eigenvalue weighted by Gasteiger charge is 2.10. The van der Waals surface area contributed by atoms with E-state index in [1.54, 1.807) is 39.5 Å². The molecule has 0 saturated carbocycles. The summed E-state index contributed by atoms with van der Waals surface area (Å²) in [6.45, 7) is 0.530. The topological polar surface area (TPSA) is 39.7 Å². The number of hydrogen-bond acceptors (Lipinski definition) is 4. The van der Waals surface area contributed by atoms with Crippen molar-refractivity contribution in [2.75, 3.05) is 26.6 Å². The quantitative estimate of drug-likeness (QED) is 0.831. The van der Waals surface area contributed by atoms with Crippen molar-refractivity contribution in [3.05, 3.63) is 45.9 Å². The number of hydrogen-bond donors (Lipinski definition) is 1. The lowest BCUT2D eigenvalue weighted by Gasteiger charge is -2.13. The molecule has 22 heavy (non-hydrogen) atoms. The molecule has 6 heteroatoms. The van der Waals surface area contributed by atoms with Gasteiger partial charge in [-0.3, -0.25) is 0 Å². The summed E-state index contributed by atoms with van der Waals surface area (Å²) in [4.78, 5) is 0. The summed E-state index contributed by atoms with van der Waals surface area (Å²) in [5.41, 5.74) is 1.77. The maximum absolute atomic E-state index is 6.26. The van der Waals surface area contributed by atoms with Crippen LogP contribution in [0.15, 0.2) is 30.3 Å². The van der Waals surface area contributed by atoms with Gasteiger partial charge in [0.25, 0.3) is 0 Å². The van der Waals surface area contributed by atoms with Gasteiger partial charge in [-0.25, -0.2) is 0 Å². The largest absolute Gasteiger partial charge is 0.495 e. The second kappa shape index (κ2) is 7.47. The van der Waals surface area contributed by atoms with Gasteiger partial charge in [-0.05, 0) is 29.8 Å². The second-order valence-corrected chi connectivity index (χ2v) is 5.32. The van der Waals surface area contributed by atoms with Crippen molar-refractivity contribution in [3.8, 4) is 17.2 Å². The molecular weight excluding hydrogens is 325 g/mol. The van der Waals surface area contributed by atoms with Gasteiger partial charge in [0.1, 0.15) is 5.75 Å². The molecule has 118 valence electrons. The van der Waals surface area contributed by atoms with E-state index in [0.29, 0.717) is 33.8 Å². The van der Waals surface area contributed by atoms with Gasteiger partial charge in [-0.15, -0.1) is 0 Å². The second-order valence-electron chi connectivity index (χ2n) is 4.50. The predicted molar refractivity (Wildman–Crippen MR) is 89.9 cm³/mol. The molecule has 4 nitrogen and oxygen atoms in total. The minimum Gasteiger partial charge on any atom is -0.495 e. The number of rotatable bonds is 6. The van der Waals surface area contributed by atoms with Crippen molar-refractivity contribution >= 4 is 28.9 Å². The lowest BCUT2D eigenvalue weighted by molar-refractivity contribution is 0.354. The third-order valence-corrected chi connectivity index (χ3v) is 3.83. The molecule has 2 rings (SSSR count). The summed E-state index contributed by atoms with van der Waals surface area (Å²) in [7, 11) is 4.75. The Morgan fingerprint density at radius 3 is 2.05 bits per heavy atom. The highest BCUT2D eigenvalue weighted by molar-refractivity contribution is 6.32. The van der Waals surface area contributed by atoms with Gasteiger partial charge < -0.3 is 19.5 Å². The minimum absolute atomic E-state index is 0.530. The van der Waals surface area contributed by atoms with Crippen molar-refractivity contribution in [1.29, 1.82) is 0 Å². The van der Waals surface area contributed by atoms with Crippen LogP contribution in [0.1, 0.15) is 5.56 Å². The molecule has 0 saturated heterocycles. The summed E-state index contributed by atoms with van der Waals surface area (Å²) in [5.74, 6) is 1.87. The van der Waals surface area contributed by atoms with E-state index in [2.05, 4.69) is 5.32 Å². The standard InChI is InChI=1S/C16H17Cl2NO3/c1-20-14-5-4-11(7-13(14)18)19-9-10-6-15(21-2)16(22-3)8-12(10)17/h4-8,19H,9H2,1-3H3. The van der Waals surface area contributed by atoms with Crippen LogP contribution in [0.5, 0.6) is 17.2 Å². The lowest BCUT2D eigenvalue weighted by atomic mass is 10.2. The fourth-order valence-corrected chi connectivity index (χ4v) is 2.48. The number of nitrogens with one attached hydrogen (secondary N) is 1. The molecule has 0 fully saturated rings. The van der Waals surface area contributed by atoms with Gasteiger partial charge >= 0.3 is 0 Å². The third kappa shape index (κ3) is 3.70. The van der Waals surface area contributed by atoms with Crippen LogP contribution in [0.2, 0.25) is 10.0 Å². The number of benzene rings is 2. The molecule has 2 aromatic carbocycles. The van der Waals surface area contributed by atoms with Gasteiger partial charge in [-0.2, -0.15) is 0 Å². The average molecular weight is 342 g/mol. The van der Waals surface area contributed by atoms with Crippen LogP contribution in [0.4, 0.5) is 5.69 Å². The first-order chi connectivity index (χ1) is 10.6. The molecule has 1 N–H and O–H groups in total. The Morgan fingerprint density at radius 2 is 1.45 bits per heavy atom. The van der Waals surface area contributed by atoms with Crippen molar-refractivity contribution in [1.82, 2.24) is 0 Å². The van der Waals surface area contributed by atoms with Crippen LogP contribution in [0.3, 0.4) is 0 Å². The van der Waals surface area contributed by atoms with E-state index < -0.39 is 0 Å². The molecular formula is C16H17Cl2NO3. The molecule has 2 aromatic rings. The predicted octanol–water partition coefficient (Wildman–Crippen LogP) is 4.63. The fraction of sp³-hybridized carbons (Fsp3) is 0.250. The lowest BCUT2D eigenvalue weighted by Crippen LogP contribution is -2.02. The molecule has 0 aliphatic rings. The molecule has 0 spiro atoms. The summed E-state index contributed by atoms with van der Waals surface area (Å²) in [6, 6.07) is 9.08. The first kappa shape index (κ1) is 16.6. The third-order valence-electron chi connectivity index (χ3n) is 3.19. The molecule has 0 radical (unpaired) electrons. The van der Waals surface area contributed by atoms with Gasteiger partial charge in [0.2, 0.25) is 0 Å². The normalized spacial score (nSPS) is 10.2. The molecule has 0 aromatic heterocycles. The summed E-state index contributed by atoms with van der Waals surface area (Å²) >= 11 is 12.4. The van der Waals surface area contributed by atoms with Crippen LogP contribution in [0.25, 0.3) is 0 Å². The van der Waals surface area contributed by atoms with Crippen molar-refractivity contribution in [2.24, 2.45) is 0 Å². The maximum atomic E-state index is 6.26. The number of ether oxygens (including phenoxy) is 3. The summed E-state index contributed by atoms with van der Waals surface area (Å²) < 4.78 is 15.6. The van der Waals surface area contributed by atoms with Crippen molar-refractivity contribution in [2.45, 2.75) is 6.54 Å². The smallest absolute Gasteiger partial charge is 0.162 e. The Labute approximate surface area is 139 Å². The van der Waals surface area contributed by atoms with Gasteiger partial charge in [0.15, 0.2) is 11.5 Å². The zero-order valence-electron chi connectivity index (χ0n) is 12.6. The molecule has 0 unspecified atom stereocenters. The zero-order chi connectivity index (χ0) is 16.1. The fourth-order valence-electron chi connectivity index (χ4n) is 2.01. The van der Waals surface area contributed by atoms with E-state index in [-0.39, 0.29) is 0 Å². The molecule has 0 amide bonds. The first-order valence-electron chi connectivity index (χ1n) is 6.56. The number of anilines is 1. The van der Waals surface area contributed by atoms with Gasteiger partial charge in [-0.1, -0.05) is 23.2 Å². The molecule has 0 atom stereocenters. The van der Waals surface area contributed by atoms with E-state index in [9.17, 15) is 0 Å². The maximum Gasteiger partial charge on any atom is 0.162 e. The Balaban J connectivity index is 2.16. The van der Waals surface area contributed by atoms with Crippen LogP contribution >= 0.6 is 23.2 Å². The van der Waals surface area contributed by atoms with Gasteiger partial charge in [0, 0.05) is 23.3 Å². The minimum atomic E-state index is 0.530. The zero-order valence-corrected chi connectivity index (χ0v) is 14.1. The van der Waals surface area contributed by atoms with Crippen molar-refractivity contribution < 1.29 is 14.2 Å². The van der Waals surface area contributed by atoms with Crippen LogP contribution in [-0.2, 0) is 6.54 Å². The SMILES string of the molecule is COc1ccc(NCc2cc(OC)c(OC)cc2Cl)cc1Cl. The molecule has 0 heterocycles. The Bertz CT molecular complexity index is 662. The highest BCUT2D eigenvalue weighted by atomic mass is 35.5. The first-order valence-corrected chi connectivity index (χ1v) is 7.32. The number of halogens is 2. The van der Waals surface area contributed by atoms with E-state index in [1.165, 1.54) is 0 Å². The van der Waals surface area contributed by atoms with Crippen LogP contribution in [0, 0.1) is 0 Å². The van der Waals surface area contributed by atoms with Gasteiger partial charge in [0.05, 0.1) is 26.4 Å². The van der Waals surface area contributed by atoms with E-state index in [4.69, 9.17) is 37.4 Å². The monoisotopic (exact) mass is 341 g/mol. The number of methoxy groups -OCH3 is 3. The van der Waals surface area contributed by atoms with Crippen LogP contribution < -0.4 is 19.5 Å². The summed E-state index contributed by atoms with van der Waals surface area (Å²) in [5, 5.41) is 4.41. The van der Waals surface area contributed by atoms with Crippen molar-refractivity contribution in [3.63, 3.8) is 0 Å². The van der Waals surface area contributed by atoms with E-state index in [1.807, 2.05) is 12.1 Å². The average Bonchev–Trinajstić information content (AvgIpc) is 2.53. The Kier molecular flexibility index (Phi) is 5.63. The Morgan fingerprint density at radius 1 is 0.818 bits per heavy atom. The highest BCUT2D eigenvalue weighted by Crippen LogP contribution is 2.34. The van der Waals surface area contributed by atoms with E-state index in [0.717, 1.165) is 11.3 Å². The van der Waals surface area contributed by atoms with E-state index >= 15 is 0 Å². The molecule has 0 aliphatic heterocycles. The molecule has 0 bridgehead atoms. The Hall–Kier alpha value is -1.78. The summed E-state index contributed by atoms with van der Waals surface area (Å²) in [6.07, 6.45) is 0. The van der Waals surface area contributed by atoms with Crippen LogP contribution in [-0.4, -0.2) is 21.3 Å².